The van der Waals surface area contributed by atoms with Crippen LogP contribution in [0.1, 0.15) is 30.9 Å². The minimum absolute atomic E-state index is 0.192. The summed E-state index contributed by atoms with van der Waals surface area (Å²) >= 11 is 6.85. The Hall–Kier alpha value is -1.35. The van der Waals surface area contributed by atoms with Gasteiger partial charge in [0.05, 0.1) is 12.1 Å². The Morgan fingerprint density at radius 3 is 2.18 bits per heavy atom. The van der Waals surface area contributed by atoms with Crippen molar-refractivity contribution in [2.75, 3.05) is 6.54 Å². The van der Waals surface area contributed by atoms with Crippen molar-refractivity contribution < 1.29 is 18.7 Å². The van der Waals surface area contributed by atoms with Crippen LogP contribution in [0.25, 0.3) is 0 Å². The Morgan fingerprint density at radius 2 is 1.64 bits per heavy atom. The highest BCUT2D eigenvalue weighted by Gasteiger charge is 2.27. The van der Waals surface area contributed by atoms with E-state index in [9.17, 15) is 18.7 Å². The fourth-order valence-corrected chi connectivity index (χ4v) is 4.43. The van der Waals surface area contributed by atoms with E-state index in [-0.39, 0.29) is 12.5 Å². The molecule has 3 atom stereocenters. The first kappa shape index (κ1) is 22.9. The highest BCUT2D eigenvalue weighted by Crippen LogP contribution is 2.24. The molecule has 3 N–H and O–H groups in total. The van der Waals surface area contributed by atoms with Crippen LogP contribution in [0.2, 0.25) is 0 Å². The third kappa shape index (κ3) is 6.92. The van der Waals surface area contributed by atoms with E-state index in [1.54, 1.807) is 6.92 Å². The van der Waals surface area contributed by atoms with Gasteiger partial charge in [-0.25, -0.2) is 8.78 Å². The highest BCUT2D eigenvalue weighted by atomic mass is 79.9. The molecule has 2 aromatic carbocycles. The van der Waals surface area contributed by atoms with Crippen LogP contribution in [0.15, 0.2) is 45.3 Å². The van der Waals surface area contributed by atoms with E-state index in [4.69, 9.17) is 0 Å². The molecule has 0 saturated carbocycles. The number of hydrogen-bond acceptors (Lipinski definition) is 3. The molecule has 8 heteroatoms. The van der Waals surface area contributed by atoms with Crippen molar-refractivity contribution in [3.63, 3.8) is 0 Å². The Morgan fingerprint density at radius 1 is 1.07 bits per heavy atom. The van der Waals surface area contributed by atoms with E-state index < -0.39 is 29.7 Å². The first-order valence-electron chi connectivity index (χ1n) is 8.72. The maximum absolute atomic E-state index is 13.6. The van der Waals surface area contributed by atoms with Crippen molar-refractivity contribution in [1.29, 1.82) is 0 Å². The molecule has 0 saturated heterocycles. The van der Waals surface area contributed by atoms with Gasteiger partial charge in [0, 0.05) is 40.9 Å². The minimum Gasteiger partial charge on any atom is -0.390 e. The molecule has 28 heavy (non-hydrogen) atoms. The van der Waals surface area contributed by atoms with Gasteiger partial charge in [-0.15, -0.1) is 0 Å². The second-order valence-corrected chi connectivity index (χ2v) is 8.53. The van der Waals surface area contributed by atoms with Gasteiger partial charge in [-0.3, -0.25) is 4.79 Å². The third-order valence-electron chi connectivity index (χ3n) is 4.34. The molecule has 2 aromatic rings. The number of nitrogens with one attached hydrogen (secondary N) is 2. The van der Waals surface area contributed by atoms with Gasteiger partial charge in [0.15, 0.2) is 0 Å². The van der Waals surface area contributed by atoms with Crippen LogP contribution in [0.3, 0.4) is 0 Å². The van der Waals surface area contributed by atoms with Gasteiger partial charge in [0.2, 0.25) is 5.91 Å². The van der Waals surface area contributed by atoms with E-state index in [2.05, 4.69) is 42.5 Å². The summed E-state index contributed by atoms with van der Waals surface area (Å²) in [6.07, 6.45) is -0.958. The standard InChI is InChI=1S/C20H22Br2F2N2O2/c1-11(14-5-17(23)8-18(24)6-14)20(26-12(2)27)19(28)10-25-9-13-3-15(21)7-16(22)4-13/h3-8,11,19-20,25,28H,9-10H2,1-2H3,(H,26,27)/t11-,19?,20?/m0/s1. The normalized spacial score (nSPS) is 14.4. The molecule has 0 fully saturated rings. The lowest BCUT2D eigenvalue weighted by atomic mass is 9.89. The van der Waals surface area contributed by atoms with E-state index in [1.807, 2.05) is 18.2 Å². The number of rotatable bonds is 8. The van der Waals surface area contributed by atoms with Crippen LogP contribution >= 0.6 is 31.9 Å². The summed E-state index contributed by atoms with van der Waals surface area (Å²) in [5, 5.41) is 16.5. The predicted molar refractivity (Wildman–Crippen MR) is 112 cm³/mol. The molecule has 0 aromatic heterocycles. The molecule has 4 nitrogen and oxygen atoms in total. The van der Waals surface area contributed by atoms with Crippen molar-refractivity contribution in [1.82, 2.24) is 10.6 Å². The zero-order chi connectivity index (χ0) is 20.8. The number of benzene rings is 2. The lowest BCUT2D eigenvalue weighted by molar-refractivity contribution is -0.120. The molecule has 0 spiro atoms. The largest absolute Gasteiger partial charge is 0.390 e. The molecule has 152 valence electrons. The van der Waals surface area contributed by atoms with Crippen molar-refractivity contribution in [3.8, 4) is 0 Å². The smallest absolute Gasteiger partial charge is 0.217 e. The summed E-state index contributed by atoms with van der Waals surface area (Å²) in [6, 6.07) is 8.33. The second kappa shape index (κ2) is 10.4. The van der Waals surface area contributed by atoms with Crippen molar-refractivity contribution in [3.05, 3.63) is 68.1 Å². The van der Waals surface area contributed by atoms with Crippen LogP contribution in [-0.2, 0) is 11.3 Å². The number of amides is 1. The van der Waals surface area contributed by atoms with E-state index in [1.165, 1.54) is 19.1 Å². The second-order valence-electron chi connectivity index (χ2n) is 6.69. The molecular weight excluding hydrogens is 498 g/mol. The molecule has 1 amide bonds. The lowest BCUT2D eigenvalue weighted by Gasteiger charge is -2.30. The number of hydrogen-bond donors (Lipinski definition) is 3. The summed E-state index contributed by atoms with van der Waals surface area (Å²) < 4.78 is 29.0. The summed E-state index contributed by atoms with van der Waals surface area (Å²) in [5.74, 6) is -2.22. The number of halogens is 4. The van der Waals surface area contributed by atoms with Gasteiger partial charge >= 0.3 is 0 Å². The SMILES string of the molecule is CC(=O)NC(C(O)CNCc1cc(Br)cc(Br)c1)[C@@H](C)c1cc(F)cc(F)c1. The lowest BCUT2D eigenvalue weighted by Crippen LogP contribution is -2.49. The number of aliphatic hydroxyl groups is 1. The fraction of sp³-hybridized carbons (Fsp3) is 0.350. The first-order chi connectivity index (χ1) is 13.2. The Balaban J connectivity index is 2.07. The Labute approximate surface area is 180 Å². The van der Waals surface area contributed by atoms with Crippen LogP contribution < -0.4 is 10.6 Å². The molecular formula is C20H22Br2F2N2O2. The van der Waals surface area contributed by atoms with Crippen LogP contribution in [-0.4, -0.2) is 29.7 Å². The average Bonchev–Trinajstić information content (AvgIpc) is 2.57. The molecule has 0 heterocycles. The number of carbonyl (C=O) groups is 1. The van der Waals surface area contributed by atoms with Gasteiger partial charge in [-0.1, -0.05) is 38.8 Å². The maximum atomic E-state index is 13.6. The predicted octanol–water partition coefficient (Wildman–Crippen LogP) is 4.25. The monoisotopic (exact) mass is 518 g/mol. The highest BCUT2D eigenvalue weighted by molar-refractivity contribution is 9.11. The Bertz CT molecular complexity index is 795. The van der Waals surface area contributed by atoms with E-state index in [0.717, 1.165) is 20.6 Å². The molecule has 0 aliphatic carbocycles. The molecule has 2 unspecified atom stereocenters. The quantitative estimate of drug-likeness (QED) is 0.488. The summed E-state index contributed by atoms with van der Waals surface area (Å²) in [5.41, 5.74) is 1.37. The topological polar surface area (TPSA) is 61.4 Å². The summed E-state index contributed by atoms with van der Waals surface area (Å²) in [6.45, 7) is 3.75. The van der Waals surface area contributed by atoms with E-state index >= 15 is 0 Å². The maximum Gasteiger partial charge on any atom is 0.217 e. The Kier molecular flexibility index (Phi) is 8.55. The minimum atomic E-state index is -0.958. The van der Waals surface area contributed by atoms with E-state index in [0.29, 0.717) is 12.1 Å². The van der Waals surface area contributed by atoms with Crippen molar-refractivity contribution in [2.45, 2.75) is 38.5 Å². The van der Waals surface area contributed by atoms with Crippen molar-refractivity contribution >= 4 is 37.8 Å². The van der Waals surface area contributed by atoms with Gasteiger partial charge in [-0.2, -0.15) is 0 Å². The zero-order valence-electron chi connectivity index (χ0n) is 15.5. The molecule has 0 radical (unpaired) electrons. The van der Waals surface area contributed by atoms with Crippen LogP contribution in [0.4, 0.5) is 8.78 Å². The van der Waals surface area contributed by atoms with Crippen molar-refractivity contribution in [2.24, 2.45) is 0 Å². The molecule has 0 aliphatic rings. The first-order valence-corrected chi connectivity index (χ1v) is 10.3. The zero-order valence-corrected chi connectivity index (χ0v) is 18.6. The fourth-order valence-electron chi connectivity index (χ4n) is 3.04. The number of carbonyl (C=O) groups excluding carboxylic acids is 1. The molecule has 0 bridgehead atoms. The van der Waals surface area contributed by atoms with Crippen LogP contribution in [0, 0.1) is 11.6 Å². The van der Waals surface area contributed by atoms with Crippen LogP contribution in [0.5, 0.6) is 0 Å². The number of aliphatic hydroxyl groups excluding tert-OH is 1. The average molecular weight is 520 g/mol. The molecule has 2 rings (SSSR count). The third-order valence-corrected chi connectivity index (χ3v) is 5.25. The van der Waals surface area contributed by atoms with Gasteiger partial charge in [0.1, 0.15) is 11.6 Å². The van der Waals surface area contributed by atoms with Gasteiger partial charge < -0.3 is 15.7 Å². The summed E-state index contributed by atoms with van der Waals surface area (Å²) in [4.78, 5) is 11.6. The summed E-state index contributed by atoms with van der Waals surface area (Å²) in [7, 11) is 0. The molecule has 0 aliphatic heterocycles. The van der Waals surface area contributed by atoms with Gasteiger partial charge in [0.25, 0.3) is 0 Å². The van der Waals surface area contributed by atoms with Gasteiger partial charge in [-0.05, 0) is 41.5 Å².